The zero-order chi connectivity index (χ0) is 11.6. The molecule has 1 aromatic heterocycles. The van der Waals surface area contributed by atoms with Gasteiger partial charge in [-0.15, -0.1) is 0 Å². The van der Waals surface area contributed by atoms with E-state index < -0.39 is 0 Å². The van der Waals surface area contributed by atoms with E-state index in [0.717, 1.165) is 25.1 Å². The minimum absolute atomic E-state index is 0.242. The van der Waals surface area contributed by atoms with Crippen LogP contribution in [0.4, 0.5) is 0 Å². The van der Waals surface area contributed by atoms with Crippen molar-refractivity contribution in [2.24, 2.45) is 11.3 Å². The molecule has 0 spiro atoms. The lowest BCUT2D eigenvalue weighted by Crippen LogP contribution is -2.42. The van der Waals surface area contributed by atoms with E-state index in [2.05, 4.69) is 19.2 Å². The quantitative estimate of drug-likeness (QED) is 0.819. The molecule has 0 saturated carbocycles. The van der Waals surface area contributed by atoms with Gasteiger partial charge in [-0.05, 0) is 43.3 Å². The largest absolute Gasteiger partial charge is 0.316 e. The highest BCUT2D eigenvalue weighted by molar-refractivity contribution is 7.08. The monoisotopic (exact) mass is 237 g/mol. The van der Waals surface area contributed by atoms with Gasteiger partial charge in [0.2, 0.25) is 0 Å². The fraction of sp³-hybridized carbons (Fsp3) is 0.615. The second kappa shape index (κ2) is 4.68. The molecule has 1 aliphatic heterocycles. The zero-order valence-electron chi connectivity index (χ0n) is 9.95. The Labute approximate surface area is 101 Å². The van der Waals surface area contributed by atoms with Crippen molar-refractivity contribution >= 4 is 17.1 Å². The summed E-state index contributed by atoms with van der Waals surface area (Å²) in [5.74, 6) is 0.760. The highest BCUT2D eigenvalue weighted by atomic mass is 32.1. The number of nitrogens with one attached hydrogen (secondary N) is 1. The number of hydrogen-bond acceptors (Lipinski definition) is 3. The van der Waals surface area contributed by atoms with Gasteiger partial charge in [-0.25, -0.2) is 0 Å². The molecule has 0 bridgehead atoms. The van der Waals surface area contributed by atoms with Gasteiger partial charge in [-0.1, -0.05) is 13.8 Å². The Balaban J connectivity index is 2.14. The molecule has 0 radical (unpaired) electrons. The number of hydrogen-bond donors (Lipinski definition) is 1. The number of piperidine rings is 1. The third-order valence-electron chi connectivity index (χ3n) is 3.69. The Kier molecular flexibility index (Phi) is 3.45. The number of carbonyl (C=O) groups excluding carboxylic acids is 1. The van der Waals surface area contributed by atoms with Crippen LogP contribution in [0.1, 0.15) is 37.0 Å². The molecule has 2 nitrogen and oxygen atoms in total. The van der Waals surface area contributed by atoms with Crippen molar-refractivity contribution in [3.05, 3.63) is 22.4 Å². The Morgan fingerprint density at radius 2 is 2.38 bits per heavy atom. The maximum Gasteiger partial charge on any atom is 0.169 e. The van der Waals surface area contributed by atoms with Gasteiger partial charge in [0.1, 0.15) is 0 Å². The standard InChI is InChI=1S/C13H19NOS/c1-13(2,11-4-3-6-14-8-11)12(15)10-5-7-16-9-10/h5,7,9,11,14H,3-4,6,8H2,1-2H3. The predicted molar refractivity (Wildman–Crippen MR) is 68.0 cm³/mol. The average molecular weight is 237 g/mol. The molecule has 1 fully saturated rings. The first kappa shape index (κ1) is 11.8. The highest BCUT2D eigenvalue weighted by Crippen LogP contribution is 2.35. The second-order valence-corrected chi connectivity index (χ2v) is 5.89. The predicted octanol–water partition coefficient (Wildman–Crippen LogP) is 2.96. The molecule has 16 heavy (non-hydrogen) atoms. The van der Waals surface area contributed by atoms with Gasteiger partial charge in [0.25, 0.3) is 0 Å². The van der Waals surface area contributed by atoms with Crippen LogP contribution in [0.5, 0.6) is 0 Å². The van der Waals surface area contributed by atoms with Crippen LogP contribution in [0.25, 0.3) is 0 Å². The molecule has 2 rings (SSSR count). The first-order valence-corrected chi connectivity index (χ1v) is 6.84. The number of rotatable bonds is 3. The lowest BCUT2D eigenvalue weighted by molar-refractivity contribution is 0.0709. The van der Waals surface area contributed by atoms with Crippen LogP contribution in [0.3, 0.4) is 0 Å². The number of thiophene rings is 1. The molecule has 0 aliphatic carbocycles. The number of carbonyl (C=O) groups is 1. The topological polar surface area (TPSA) is 29.1 Å². The zero-order valence-corrected chi connectivity index (χ0v) is 10.8. The molecule has 1 aromatic rings. The van der Waals surface area contributed by atoms with Gasteiger partial charge in [0.15, 0.2) is 5.78 Å². The summed E-state index contributed by atoms with van der Waals surface area (Å²) in [6, 6.07) is 1.94. The SMILES string of the molecule is CC(C)(C(=O)c1ccsc1)C1CCCNC1. The first-order valence-electron chi connectivity index (χ1n) is 5.90. The molecular weight excluding hydrogens is 218 g/mol. The molecular formula is C13H19NOS. The molecule has 1 unspecified atom stereocenters. The second-order valence-electron chi connectivity index (χ2n) is 5.11. The maximum atomic E-state index is 12.4. The van der Waals surface area contributed by atoms with E-state index in [0.29, 0.717) is 11.7 Å². The van der Waals surface area contributed by atoms with Gasteiger partial charge in [-0.2, -0.15) is 11.3 Å². The van der Waals surface area contributed by atoms with Crippen LogP contribution in [0.15, 0.2) is 16.8 Å². The van der Waals surface area contributed by atoms with Gasteiger partial charge in [0, 0.05) is 16.4 Å². The summed E-state index contributed by atoms with van der Waals surface area (Å²) < 4.78 is 0. The minimum Gasteiger partial charge on any atom is -0.316 e. The smallest absolute Gasteiger partial charge is 0.169 e. The van der Waals surface area contributed by atoms with E-state index in [1.807, 2.05) is 16.8 Å². The van der Waals surface area contributed by atoms with Crippen molar-refractivity contribution in [1.29, 1.82) is 0 Å². The Bertz CT molecular complexity index is 350. The summed E-state index contributed by atoms with van der Waals surface area (Å²) in [6.07, 6.45) is 2.35. The summed E-state index contributed by atoms with van der Waals surface area (Å²) >= 11 is 1.59. The molecule has 2 heterocycles. The van der Waals surface area contributed by atoms with E-state index >= 15 is 0 Å². The van der Waals surface area contributed by atoms with Crippen LogP contribution in [0, 0.1) is 11.3 Å². The van der Waals surface area contributed by atoms with Gasteiger partial charge >= 0.3 is 0 Å². The molecule has 1 N–H and O–H groups in total. The average Bonchev–Trinajstić information content (AvgIpc) is 2.82. The summed E-state index contributed by atoms with van der Waals surface area (Å²) in [4.78, 5) is 12.4. The van der Waals surface area contributed by atoms with Crippen molar-refractivity contribution in [2.75, 3.05) is 13.1 Å². The third kappa shape index (κ3) is 2.20. The van der Waals surface area contributed by atoms with Crippen molar-refractivity contribution < 1.29 is 4.79 Å². The summed E-state index contributed by atoms with van der Waals surface area (Å²) in [5.41, 5.74) is 0.634. The molecule has 1 atom stereocenters. The van der Waals surface area contributed by atoms with Crippen LogP contribution in [-0.2, 0) is 0 Å². The normalized spacial score (nSPS) is 22.0. The third-order valence-corrected chi connectivity index (χ3v) is 4.37. The molecule has 1 saturated heterocycles. The van der Waals surface area contributed by atoms with Crippen molar-refractivity contribution in [2.45, 2.75) is 26.7 Å². The fourth-order valence-corrected chi connectivity index (χ4v) is 3.05. The van der Waals surface area contributed by atoms with Crippen LogP contribution < -0.4 is 5.32 Å². The molecule has 1 aliphatic rings. The molecule has 0 amide bonds. The number of ketones is 1. The van der Waals surface area contributed by atoms with E-state index in [4.69, 9.17) is 0 Å². The van der Waals surface area contributed by atoms with Crippen LogP contribution in [-0.4, -0.2) is 18.9 Å². The fourth-order valence-electron chi connectivity index (χ4n) is 2.42. The minimum atomic E-state index is -0.242. The van der Waals surface area contributed by atoms with Crippen molar-refractivity contribution in [1.82, 2.24) is 5.32 Å². The lowest BCUT2D eigenvalue weighted by Gasteiger charge is -2.35. The van der Waals surface area contributed by atoms with E-state index in [9.17, 15) is 4.79 Å². The number of Topliss-reactive ketones (excluding diaryl/α,β-unsaturated/α-hetero) is 1. The summed E-state index contributed by atoms with van der Waals surface area (Å²) in [5, 5.41) is 7.32. The first-order chi connectivity index (χ1) is 7.62. The van der Waals surface area contributed by atoms with E-state index in [1.54, 1.807) is 11.3 Å². The van der Waals surface area contributed by atoms with Crippen LogP contribution in [0.2, 0.25) is 0 Å². The molecule has 88 valence electrons. The van der Waals surface area contributed by atoms with Gasteiger partial charge in [-0.3, -0.25) is 4.79 Å². The van der Waals surface area contributed by atoms with E-state index in [1.165, 1.54) is 6.42 Å². The van der Waals surface area contributed by atoms with Crippen molar-refractivity contribution in [3.63, 3.8) is 0 Å². The molecule has 0 aromatic carbocycles. The van der Waals surface area contributed by atoms with E-state index in [-0.39, 0.29) is 5.41 Å². The van der Waals surface area contributed by atoms with Gasteiger partial charge < -0.3 is 5.32 Å². The lowest BCUT2D eigenvalue weighted by atomic mass is 9.71. The van der Waals surface area contributed by atoms with Crippen molar-refractivity contribution in [3.8, 4) is 0 Å². The Morgan fingerprint density at radius 3 is 2.94 bits per heavy atom. The summed E-state index contributed by atoms with van der Waals surface area (Å²) in [7, 11) is 0. The highest BCUT2D eigenvalue weighted by Gasteiger charge is 2.37. The molecule has 3 heteroatoms. The summed E-state index contributed by atoms with van der Waals surface area (Å²) in [6.45, 7) is 6.25. The van der Waals surface area contributed by atoms with Gasteiger partial charge in [0.05, 0.1) is 0 Å². The Morgan fingerprint density at radius 1 is 1.56 bits per heavy atom. The van der Waals surface area contributed by atoms with Crippen LogP contribution >= 0.6 is 11.3 Å². The Hall–Kier alpha value is -0.670. The maximum absolute atomic E-state index is 12.4.